The standard InChI is InChI=1S/C17H17BrN6O2S/c18-13-1-3-15(4-2-13)27(25,26)21-12-11-20-16-5-6-17(24-23-16)22-14-7-9-19-10-8-14/h1-10,21H,11-12H2,(H,20,23)(H,19,22,24). The van der Waals surface area contributed by atoms with Crippen LogP contribution in [0.2, 0.25) is 0 Å². The lowest BCUT2D eigenvalue weighted by Gasteiger charge is -2.09. The summed E-state index contributed by atoms with van der Waals surface area (Å²) in [7, 11) is -3.53. The van der Waals surface area contributed by atoms with E-state index in [-0.39, 0.29) is 11.4 Å². The van der Waals surface area contributed by atoms with Gasteiger partial charge in [0.2, 0.25) is 10.0 Å². The van der Waals surface area contributed by atoms with Gasteiger partial charge in [-0.25, -0.2) is 13.1 Å². The highest BCUT2D eigenvalue weighted by Crippen LogP contribution is 2.15. The number of sulfonamides is 1. The Labute approximate surface area is 165 Å². The van der Waals surface area contributed by atoms with E-state index in [1.165, 1.54) is 0 Å². The number of rotatable bonds is 8. The third-order valence-corrected chi connectivity index (χ3v) is 5.47. The summed E-state index contributed by atoms with van der Waals surface area (Å²) >= 11 is 3.28. The zero-order chi connectivity index (χ0) is 19.1. The SMILES string of the molecule is O=S(=O)(NCCNc1ccc(Nc2ccncc2)nn1)c1ccc(Br)cc1. The van der Waals surface area contributed by atoms with Crippen LogP contribution in [0, 0.1) is 0 Å². The summed E-state index contributed by atoms with van der Waals surface area (Å²) < 4.78 is 27.7. The van der Waals surface area contributed by atoms with Crippen molar-refractivity contribution in [3.63, 3.8) is 0 Å². The van der Waals surface area contributed by atoms with Gasteiger partial charge in [0.15, 0.2) is 5.82 Å². The van der Waals surface area contributed by atoms with Gasteiger partial charge in [0.1, 0.15) is 5.82 Å². The quantitative estimate of drug-likeness (QED) is 0.454. The lowest BCUT2D eigenvalue weighted by molar-refractivity contribution is 0.583. The molecule has 3 N–H and O–H groups in total. The zero-order valence-corrected chi connectivity index (χ0v) is 16.5. The van der Waals surface area contributed by atoms with Gasteiger partial charge in [-0.3, -0.25) is 4.98 Å². The van der Waals surface area contributed by atoms with Crippen LogP contribution in [-0.2, 0) is 10.0 Å². The molecule has 0 saturated carbocycles. The molecule has 0 bridgehead atoms. The van der Waals surface area contributed by atoms with E-state index >= 15 is 0 Å². The highest BCUT2D eigenvalue weighted by molar-refractivity contribution is 9.10. The number of nitrogens with one attached hydrogen (secondary N) is 3. The van der Waals surface area contributed by atoms with Crippen LogP contribution in [0.1, 0.15) is 0 Å². The number of halogens is 1. The average molecular weight is 449 g/mol. The monoisotopic (exact) mass is 448 g/mol. The van der Waals surface area contributed by atoms with Crippen LogP contribution >= 0.6 is 15.9 Å². The van der Waals surface area contributed by atoms with E-state index < -0.39 is 10.0 Å². The summed E-state index contributed by atoms with van der Waals surface area (Å²) in [5.41, 5.74) is 0.863. The van der Waals surface area contributed by atoms with Crippen molar-refractivity contribution in [1.29, 1.82) is 0 Å². The number of nitrogens with zero attached hydrogens (tertiary/aromatic N) is 3. The Morgan fingerprint density at radius 2 is 1.52 bits per heavy atom. The maximum Gasteiger partial charge on any atom is 0.240 e. The van der Waals surface area contributed by atoms with E-state index in [1.807, 2.05) is 12.1 Å². The van der Waals surface area contributed by atoms with E-state index in [9.17, 15) is 8.42 Å². The van der Waals surface area contributed by atoms with Gasteiger partial charge in [-0.2, -0.15) is 0 Å². The molecule has 3 aromatic rings. The summed E-state index contributed by atoms with van der Waals surface area (Å²) in [6.07, 6.45) is 3.36. The van der Waals surface area contributed by atoms with Crippen molar-refractivity contribution in [2.24, 2.45) is 0 Å². The largest absolute Gasteiger partial charge is 0.367 e. The molecular weight excluding hydrogens is 432 g/mol. The Morgan fingerprint density at radius 1 is 0.852 bits per heavy atom. The fourth-order valence-electron chi connectivity index (χ4n) is 2.15. The molecule has 140 valence electrons. The molecule has 3 rings (SSSR count). The van der Waals surface area contributed by atoms with Gasteiger partial charge < -0.3 is 10.6 Å². The molecule has 10 heteroatoms. The maximum atomic E-state index is 12.2. The van der Waals surface area contributed by atoms with Crippen molar-refractivity contribution >= 4 is 43.3 Å². The van der Waals surface area contributed by atoms with Gasteiger partial charge in [0, 0.05) is 35.6 Å². The second-order valence-corrected chi connectivity index (χ2v) is 8.13. The molecule has 0 spiro atoms. The van der Waals surface area contributed by atoms with E-state index in [0.717, 1.165) is 10.2 Å². The van der Waals surface area contributed by atoms with Crippen molar-refractivity contribution in [2.45, 2.75) is 4.90 Å². The van der Waals surface area contributed by atoms with Gasteiger partial charge in [-0.1, -0.05) is 15.9 Å². The predicted molar refractivity (Wildman–Crippen MR) is 107 cm³/mol. The Bertz CT molecular complexity index is 967. The molecule has 27 heavy (non-hydrogen) atoms. The van der Waals surface area contributed by atoms with E-state index in [4.69, 9.17) is 0 Å². The maximum absolute atomic E-state index is 12.2. The van der Waals surface area contributed by atoms with Gasteiger partial charge >= 0.3 is 0 Å². The second-order valence-electron chi connectivity index (χ2n) is 5.44. The molecule has 0 unspecified atom stereocenters. The highest BCUT2D eigenvalue weighted by Gasteiger charge is 2.12. The molecule has 0 atom stereocenters. The third kappa shape index (κ3) is 5.71. The number of aromatic nitrogens is 3. The number of anilines is 3. The minimum atomic E-state index is -3.53. The van der Waals surface area contributed by atoms with Gasteiger partial charge in [0.05, 0.1) is 4.90 Å². The van der Waals surface area contributed by atoms with Crippen LogP contribution in [-0.4, -0.2) is 36.7 Å². The van der Waals surface area contributed by atoms with Crippen LogP contribution < -0.4 is 15.4 Å². The minimum absolute atomic E-state index is 0.219. The molecule has 0 aliphatic heterocycles. The molecule has 0 radical (unpaired) electrons. The second kappa shape index (κ2) is 8.89. The Hall–Kier alpha value is -2.56. The van der Waals surface area contributed by atoms with Crippen molar-refractivity contribution in [3.05, 3.63) is 65.4 Å². The summed E-state index contributed by atoms with van der Waals surface area (Å²) in [6.45, 7) is 0.596. The molecule has 0 amide bonds. The molecule has 0 aliphatic rings. The van der Waals surface area contributed by atoms with E-state index in [1.54, 1.807) is 48.8 Å². The van der Waals surface area contributed by atoms with Gasteiger partial charge in [-0.05, 0) is 48.5 Å². The third-order valence-electron chi connectivity index (χ3n) is 3.46. The number of hydrogen-bond acceptors (Lipinski definition) is 7. The lowest BCUT2D eigenvalue weighted by atomic mass is 10.4. The van der Waals surface area contributed by atoms with Crippen molar-refractivity contribution < 1.29 is 8.42 Å². The molecule has 0 fully saturated rings. The molecule has 2 aromatic heterocycles. The van der Waals surface area contributed by atoms with Crippen molar-refractivity contribution in [2.75, 3.05) is 23.7 Å². The van der Waals surface area contributed by atoms with Crippen molar-refractivity contribution in [1.82, 2.24) is 19.9 Å². The van der Waals surface area contributed by atoms with Crippen LogP contribution in [0.25, 0.3) is 0 Å². The van der Waals surface area contributed by atoms with E-state index in [0.29, 0.717) is 18.2 Å². The Morgan fingerprint density at radius 3 is 2.19 bits per heavy atom. The molecule has 1 aromatic carbocycles. The van der Waals surface area contributed by atoms with Crippen LogP contribution in [0.15, 0.2) is 70.3 Å². The smallest absolute Gasteiger partial charge is 0.240 e. The highest BCUT2D eigenvalue weighted by atomic mass is 79.9. The topological polar surface area (TPSA) is 109 Å². The number of benzene rings is 1. The first-order valence-electron chi connectivity index (χ1n) is 8.03. The average Bonchev–Trinajstić information content (AvgIpc) is 2.68. The molecule has 2 heterocycles. The number of hydrogen-bond donors (Lipinski definition) is 3. The first-order valence-corrected chi connectivity index (χ1v) is 10.3. The van der Waals surface area contributed by atoms with Gasteiger partial charge in [0.25, 0.3) is 0 Å². The lowest BCUT2D eigenvalue weighted by Crippen LogP contribution is -2.29. The first-order chi connectivity index (χ1) is 13.0. The van der Waals surface area contributed by atoms with Crippen LogP contribution in [0.3, 0.4) is 0 Å². The van der Waals surface area contributed by atoms with E-state index in [2.05, 4.69) is 46.5 Å². The van der Waals surface area contributed by atoms with Gasteiger partial charge in [-0.15, -0.1) is 10.2 Å². The molecular formula is C17H17BrN6O2S. The number of pyridine rings is 1. The van der Waals surface area contributed by atoms with Crippen LogP contribution in [0.5, 0.6) is 0 Å². The zero-order valence-electron chi connectivity index (χ0n) is 14.1. The summed E-state index contributed by atoms with van der Waals surface area (Å²) in [6, 6.07) is 13.6. The molecule has 8 nitrogen and oxygen atoms in total. The molecule has 0 saturated heterocycles. The summed E-state index contributed by atoms with van der Waals surface area (Å²) in [5.74, 6) is 1.15. The van der Waals surface area contributed by atoms with Crippen molar-refractivity contribution in [3.8, 4) is 0 Å². The fourth-order valence-corrected chi connectivity index (χ4v) is 3.45. The Kier molecular flexibility index (Phi) is 6.32. The first kappa shape index (κ1) is 19.2. The Balaban J connectivity index is 1.47. The molecule has 0 aliphatic carbocycles. The summed E-state index contributed by atoms with van der Waals surface area (Å²) in [4.78, 5) is 4.17. The minimum Gasteiger partial charge on any atom is -0.367 e. The predicted octanol–water partition coefficient (Wildman–Crippen LogP) is 2.77. The summed E-state index contributed by atoms with van der Waals surface area (Å²) in [5, 5.41) is 14.3. The van der Waals surface area contributed by atoms with Crippen LogP contribution in [0.4, 0.5) is 17.3 Å². The normalized spacial score (nSPS) is 11.1. The fraction of sp³-hybridized carbons (Fsp3) is 0.118.